The van der Waals surface area contributed by atoms with Crippen LogP contribution in [0, 0.1) is 24.1 Å². The van der Waals surface area contributed by atoms with Gasteiger partial charge >= 0.3 is 6.09 Å². The van der Waals surface area contributed by atoms with Crippen LogP contribution < -0.4 is 9.47 Å². The number of carbonyl (C=O) groups excluding carboxylic acids is 1. The minimum atomic E-state index is -3.53. The van der Waals surface area contributed by atoms with E-state index in [2.05, 4.69) is 9.97 Å². The van der Waals surface area contributed by atoms with Crippen LogP contribution in [0.15, 0.2) is 29.4 Å². The van der Waals surface area contributed by atoms with Crippen molar-refractivity contribution in [3.05, 3.63) is 35.9 Å². The van der Waals surface area contributed by atoms with Crippen LogP contribution in [-0.4, -0.2) is 61.4 Å². The van der Waals surface area contributed by atoms with Crippen molar-refractivity contribution < 1.29 is 31.8 Å². The van der Waals surface area contributed by atoms with E-state index in [0.29, 0.717) is 37.1 Å². The molecule has 9 nitrogen and oxygen atoms in total. The highest BCUT2D eigenvalue weighted by Crippen LogP contribution is 2.58. The van der Waals surface area contributed by atoms with E-state index in [1.807, 2.05) is 13.8 Å². The maximum Gasteiger partial charge on any atom is 0.410 e. The predicted molar refractivity (Wildman–Crippen MR) is 120 cm³/mol. The monoisotopic (exact) mass is 493 g/mol. The largest absolute Gasteiger partial charge is 0.477 e. The number of nitrogens with zero attached hydrogens (tertiary/aromatic N) is 3. The van der Waals surface area contributed by atoms with Crippen LogP contribution in [0.3, 0.4) is 0 Å². The van der Waals surface area contributed by atoms with Gasteiger partial charge in [-0.2, -0.15) is 0 Å². The molecular weight excluding hydrogens is 465 g/mol. The molecule has 0 spiro atoms. The highest BCUT2D eigenvalue weighted by molar-refractivity contribution is 7.90. The fourth-order valence-corrected chi connectivity index (χ4v) is 4.81. The molecule has 2 aromatic rings. The molecule has 2 aliphatic rings. The Morgan fingerprint density at radius 1 is 1.29 bits per heavy atom. The summed E-state index contributed by atoms with van der Waals surface area (Å²) in [6.45, 7) is 7.08. The van der Waals surface area contributed by atoms with Crippen LogP contribution in [0.2, 0.25) is 0 Å². The topological polar surface area (TPSA) is 108 Å². The zero-order chi connectivity index (χ0) is 24.7. The number of halogens is 1. The number of piperidine rings is 1. The molecule has 34 heavy (non-hydrogen) atoms. The number of aromatic nitrogens is 2. The van der Waals surface area contributed by atoms with Crippen LogP contribution in [0.25, 0.3) is 0 Å². The number of ether oxygens (including phenoxy) is 3. The zero-order valence-electron chi connectivity index (χ0n) is 19.6. The zero-order valence-corrected chi connectivity index (χ0v) is 20.4. The minimum Gasteiger partial charge on any atom is -0.477 e. The van der Waals surface area contributed by atoms with Gasteiger partial charge in [-0.25, -0.2) is 27.6 Å². The van der Waals surface area contributed by atoms with Crippen molar-refractivity contribution in [1.29, 1.82) is 0 Å². The average Bonchev–Trinajstić information content (AvgIpc) is 3.48. The number of sulfone groups is 1. The molecule has 0 N–H and O–H groups in total. The first-order valence-corrected chi connectivity index (χ1v) is 12.9. The Morgan fingerprint density at radius 3 is 2.68 bits per heavy atom. The maximum absolute atomic E-state index is 14.4. The Morgan fingerprint density at radius 2 is 2.03 bits per heavy atom. The van der Waals surface area contributed by atoms with E-state index in [-0.39, 0.29) is 34.1 Å². The average molecular weight is 494 g/mol. The highest BCUT2D eigenvalue weighted by atomic mass is 32.2. The number of likely N-dealkylation sites (tertiary alicyclic amines) is 1. The van der Waals surface area contributed by atoms with Gasteiger partial charge in [0, 0.05) is 24.8 Å². The molecule has 184 valence electrons. The SMILES string of the molecule is Cc1c(OCC23CCN(C(=O)OC(C)C)CC2C3)ncnc1Oc1ccc(S(C)(=O)=O)cc1F. The molecule has 1 aliphatic carbocycles. The number of fused-ring (bicyclic) bond motifs is 1. The van der Waals surface area contributed by atoms with Crippen molar-refractivity contribution in [3.8, 4) is 17.5 Å². The molecule has 1 aliphatic heterocycles. The van der Waals surface area contributed by atoms with Crippen molar-refractivity contribution in [2.45, 2.75) is 44.6 Å². The molecule has 1 saturated carbocycles. The molecule has 1 aromatic carbocycles. The molecule has 1 aromatic heterocycles. The Balaban J connectivity index is 1.39. The maximum atomic E-state index is 14.4. The van der Waals surface area contributed by atoms with E-state index in [4.69, 9.17) is 14.2 Å². The molecule has 2 atom stereocenters. The lowest BCUT2D eigenvalue weighted by Gasteiger charge is -2.31. The van der Waals surface area contributed by atoms with Crippen LogP contribution in [0.5, 0.6) is 17.5 Å². The molecule has 4 rings (SSSR count). The summed E-state index contributed by atoms with van der Waals surface area (Å²) in [4.78, 5) is 22.0. The van der Waals surface area contributed by atoms with Gasteiger partial charge in [0.1, 0.15) is 6.33 Å². The summed E-state index contributed by atoms with van der Waals surface area (Å²) in [5, 5.41) is 0. The normalized spacial score (nSPS) is 21.7. The molecule has 2 unspecified atom stereocenters. The number of carbonyl (C=O) groups is 1. The fourth-order valence-electron chi connectivity index (χ4n) is 4.18. The summed E-state index contributed by atoms with van der Waals surface area (Å²) in [5.74, 6) is -0.166. The fraction of sp³-hybridized carbons (Fsp3) is 0.522. The van der Waals surface area contributed by atoms with Gasteiger partial charge in [0.05, 0.1) is 23.2 Å². The summed E-state index contributed by atoms with van der Waals surface area (Å²) in [7, 11) is -3.53. The van der Waals surface area contributed by atoms with Crippen molar-refractivity contribution >= 4 is 15.9 Å². The first kappa shape index (κ1) is 24.2. The molecule has 0 radical (unpaired) electrons. The summed E-state index contributed by atoms with van der Waals surface area (Å²) in [6.07, 6.45) is 3.63. The van der Waals surface area contributed by atoms with Gasteiger partial charge in [0.2, 0.25) is 11.8 Å². The summed E-state index contributed by atoms with van der Waals surface area (Å²) in [6, 6.07) is 3.44. The van der Waals surface area contributed by atoms with Crippen LogP contribution in [0.4, 0.5) is 9.18 Å². The molecule has 0 bridgehead atoms. The second-order valence-electron chi connectivity index (χ2n) is 9.26. The third kappa shape index (κ3) is 5.08. The molecule has 2 fully saturated rings. The Bertz CT molecular complexity index is 1210. The second kappa shape index (κ2) is 9.01. The van der Waals surface area contributed by atoms with E-state index in [1.165, 1.54) is 18.5 Å². The predicted octanol–water partition coefficient (Wildman–Crippen LogP) is 3.76. The highest BCUT2D eigenvalue weighted by Gasteiger charge is 2.58. The lowest BCUT2D eigenvalue weighted by atomic mass is 9.96. The number of rotatable bonds is 7. The van der Waals surface area contributed by atoms with E-state index in [9.17, 15) is 17.6 Å². The van der Waals surface area contributed by atoms with Gasteiger partial charge in [0.25, 0.3) is 0 Å². The lowest BCUT2D eigenvalue weighted by molar-refractivity contribution is 0.0586. The molecule has 11 heteroatoms. The van der Waals surface area contributed by atoms with E-state index in [0.717, 1.165) is 25.2 Å². The Kier molecular flexibility index (Phi) is 6.41. The van der Waals surface area contributed by atoms with Crippen LogP contribution in [0.1, 0.15) is 32.3 Å². The number of benzene rings is 1. The van der Waals surface area contributed by atoms with Crippen LogP contribution in [-0.2, 0) is 14.6 Å². The van der Waals surface area contributed by atoms with Gasteiger partial charge in [-0.15, -0.1) is 0 Å². The van der Waals surface area contributed by atoms with Gasteiger partial charge < -0.3 is 19.1 Å². The van der Waals surface area contributed by atoms with E-state index < -0.39 is 15.7 Å². The molecule has 1 saturated heterocycles. The van der Waals surface area contributed by atoms with Crippen LogP contribution >= 0.6 is 0 Å². The standard InChI is InChI=1S/C23H28FN3O6S/c1-14(2)32-22(28)27-8-7-23(10-16(23)11-27)12-31-20-15(3)21(26-13-25-20)33-19-6-5-17(9-18(19)24)34(4,29)30/h5-6,9,13-14,16H,7-8,10-12H2,1-4H3. The smallest absolute Gasteiger partial charge is 0.410 e. The van der Waals surface area contributed by atoms with Gasteiger partial charge in [0.15, 0.2) is 21.4 Å². The van der Waals surface area contributed by atoms with Crippen molar-refractivity contribution in [2.75, 3.05) is 26.0 Å². The summed E-state index contributed by atoms with van der Waals surface area (Å²) < 4.78 is 54.5. The van der Waals surface area contributed by atoms with Gasteiger partial charge in [-0.1, -0.05) is 0 Å². The van der Waals surface area contributed by atoms with Crippen molar-refractivity contribution in [1.82, 2.24) is 14.9 Å². The van der Waals surface area contributed by atoms with Gasteiger partial charge in [-0.05, 0) is 57.7 Å². The van der Waals surface area contributed by atoms with Gasteiger partial charge in [-0.3, -0.25) is 0 Å². The molecular formula is C23H28FN3O6S. The first-order valence-electron chi connectivity index (χ1n) is 11.1. The second-order valence-corrected chi connectivity index (χ2v) is 11.3. The quantitative estimate of drug-likeness (QED) is 0.574. The number of hydrogen-bond donors (Lipinski definition) is 0. The first-order chi connectivity index (χ1) is 16.0. The lowest BCUT2D eigenvalue weighted by Crippen LogP contribution is -2.41. The number of amides is 1. The Hall–Kier alpha value is -2.95. The van der Waals surface area contributed by atoms with E-state index in [1.54, 1.807) is 11.8 Å². The summed E-state index contributed by atoms with van der Waals surface area (Å²) in [5.41, 5.74) is 0.501. The van der Waals surface area contributed by atoms with E-state index >= 15 is 0 Å². The number of hydrogen-bond acceptors (Lipinski definition) is 8. The minimum absolute atomic E-state index is 0.000600. The summed E-state index contributed by atoms with van der Waals surface area (Å²) >= 11 is 0. The molecule has 1 amide bonds. The Labute approximate surface area is 198 Å². The van der Waals surface area contributed by atoms with Crippen molar-refractivity contribution in [3.63, 3.8) is 0 Å². The molecule has 2 heterocycles. The third-order valence-corrected chi connectivity index (χ3v) is 7.41. The van der Waals surface area contributed by atoms with Crippen molar-refractivity contribution in [2.24, 2.45) is 11.3 Å². The third-order valence-electron chi connectivity index (χ3n) is 6.30.